The van der Waals surface area contributed by atoms with Crippen molar-refractivity contribution in [2.75, 3.05) is 16.3 Å². The zero-order valence-electron chi connectivity index (χ0n) is 16.6. The van der Waals surface area contributed by atoms with Gasteiger partial charge in [0.15, 0.2) is 0 Å². The zero-order chi connectivity index (χ0) is 23.2. The molecule has 0 spiro atoms. The molecule has 1 aliphatic heterocycles. The summed E-state index contributed by atoms with van der Waals surface area (Å²) in [4.78, 5) is 34.9. The molecule has 4 heterocycles. The van der Waals surface area contributed by atoms with Crippen LogP contribution in [0.4, 0.5) is 29.3 Å². The second kappa shape index (κ2) is 7.58. The van der Waals surface area contributed by atoms with Crippen molar-refractivity contribution in [3.05, 3.63) is 66.7 Å². The van der Waals surface area contributed by atoms with Crippen LogP contribution in [0.3, 0.4) is 0 Å². The lowest BCUT2D eigenvalue weighted by molar-refractivity contribution is -0.137. The van der Waals surface area contributed by atoms with Crippen LogP contribution < -0.4 is 14.5 Å². The largest absolute Gasteiger partial charge is 0.456 e. The molecule has 9 nitrogen and oxygen atoms in total. The molecular weight excluding hydrogens is 441 g/mol. The number of alkyl halides is 3. The number of benzene rings is 1. The molecule has 4 aromatic rings. The number of hydrogen-bond acceptors (Lipinski definition) is 6. The van der Waals surface area contributed by atoms with Gasteiger partial charge in [0.1, 0.15) is 23.6 Å². The number of pyridine rings is 2. The first-order valence-corrected chi connectivity index (χ1v) is 9.53. The van der Waals surface area contributed by atoms with E-state index in [1.807, 2.05) is 0 Å². The average molecular weight is 454 g/mol. The maximum Gasteiger partial charge on any atom is 0.417 e. The minimum Gasteiger partial charge on any atom is -0.456 e. The van der Waals surface area contributed by atoms with E-state index in [4.69, 9.17) is 4.74 Å². The molecule has 3 aromatic heterocycles. The molecule has 33 heavy (non-hydrogen) atoms. The van der Waals surface area contributed by atoms with Crippen LogP contribution in [0.5, 0.6) is 11.5 Å². The Hall–Kier alpha value is -4.48. The molecule has 0 bridgehead atoms. The predicted octanol–water partition coefficient (Wildman–Crippen LogP) is 4.14. The quantitative estimate of drug-likeness (QED) is 0.465. The van der Waals surface area contributed by atoms with Gasteiger partial charge < -0.3 is 4.74 Å². The van der Waals surface area contributed by atoms with E-state index >= 15 is 0 Å². The normalized spacial score (nSPS) is 14.4. The first-order chi connectivity index (χ1) is 15.8. The fraction of sp³-hybridized carbons (Fsp3) is 0.0952. The number of nitrogens with zero attached hydrogens (tertiary/aromatic N) is 5. The van der Waals surface area contributed by atoms with E-state index in [0.717, 1.165) is 22.1 Å². The van der Waals surface area contributed by atoms with Gasteiger partial charge in [0, 0.05) is 12.3 Å². The summed E-state index contributed by atoms with van der Waals surface area (Å²) in [5, 5.41) is 6.67. The highest BCUT2D eigenvalue weighted by Gasteiger charge is 2.39. The number of fused-ring (bicyclic) bond motifs is 1. The third-order valence-corrected chi connectivity index (χ3v) is 4.92. The van der Waals surface area contributed by atoms with Crippen molar-refractivity contribution in [1.82, 2.24) is 20.2 Å². The number of nitrogens with one attached hydrogen (secondary N) is 1. The summed E-state index contributed by atoms with van der Waals surface area (Å²) in [6.45, 7) is -0.407. The maximum atomic E-state index is 13.0. The highest BCUT2D eigenvalue weighted by atomic mass is 19.4. The maximum absolute atomic E-state index is 13.0. The Balaban J connectivity index is 1.35. The van der Waals surface area contributed by atoms with Crippen LogP contribution in [0, 0.1) is 0 Å². The smallest absolute Gasteiger partial charge is 0.417 e. The second-order valence-electron chi connectivity index (χ2n) is 7.10. The molecule has 0 radical (unpaired) electrons. The number of anilines is 2. The van der Waals surface area contributed by atoms with Crippen LogP contribution in [-0.4, -0.2) is 38.6 Å². The number of hydrogen-bond donors (Lipinski definition) is 1. The zero-order valence-corrected chi connectivity index (χ0v) is 16.6. The Kier molecular flexibility index (Phi) is 4.69. The van der Waals surface area contributed by atoms with Gasteiger partial charge in [0.05, 0.1) is 41.0 Å². The highest BCUT2D eigenvalue weighted by Crippen LogP contribution is 2.33. The molecule has 0 unspecified atom stereocenters. The van der Waals surface area contributed by atoms with Crippen molar-refractivity contribution in [2.24, 2.45) is 0 Å². The molecule has 5 rings (SSSR count). The number of urea groups is 1. The third-order valence-electron chi connectivity index (χ3n) is 4.92. The lowest BCUT2D eigenvalue weighted by atomic mass is 10.2. The number of ether oxygens (including phenoxy) is 1. The predicted molar refractivity (Wildman–Crippen MR) is 110 cm³/mol. The Morgan fingerprint density at radius 2 is 1.73 bits per heavy atom. The Morgan fingerprint density at radius 3 is 2.48 bits per heavy atom. The summed E-state index contributed by atoms with van der Waals surface area (Å²) in [7, 11) is 0. The third kappa shape index (κ3) is 3.82. The van der Waals surface area contributed by atoms with E-state index in [9.17, 15) is 22.8 Å². The molecule has 0 saturated carbocycles. The van der Waals surface area contributed by atoms with E-state index in [2.05, 4.69) is 20.2 Å². The van der Waals surface area contributed by atoms with E-state index in [0.29, 0.717) is 28.7 Å². The number of aromatic nitrogens is 4. The fourth-order valence-corrected chi connectivity index (χ4v) is 3.35. The Labute approximate surface area is 183 Å². The van der Waals surface area contributed by atoms with Crippen LogP contribution in [0.1, 0.15) is 5.56 Å². The number of carbonyl (C=O) groups is 2. The molecule has 166 valence electrons. The molecule has 3 amide bonds. The summed E-state index contributed by atoms with van der Waals surface area (Å²) in [5.74, 6) is 0.300. The van der Waals surface area contributed by atoms with Crippen LogP contribution in [0.2, 0.25) is 0 Å². The monoisotopic (exact) mass is 454 g/mol. The fourth-order valence-electron chi connectivity index (χ4n) is 3.35. The van der Waals surface area contributed by atoms with Crippen molar-refractivity contribution in [3.63, 3.8) is 0 Å². The lowest BCUT2D eigenvalue weighted by Crippen LogP contribution is -2.33. The van der Waals surface area contributed by atoms with Gasteiger partial charge in [-0.15, -0.1) is 0 Å². The number of halogens is 3. The Bertz CT molecular complexity index is 1370. The van der Waals surface area contributed by atoms with E-state index < -0.39 is 30.2 Å². The van der Waals surface area contributed by atoms with E-state index in [-0.39, 0.29) is 11.4 Å². The number of rotatable bonds is 4. The van der Waals surface area contributed by atoms with Crippen LogP contribution in [0.25, 0.3) is 11.0 Å². The molecule has 1 N–H and O–H groups in total. The number of imide groups is 1. The van der Waals surface area contributed by atoms with Gasteiger partial charge in [-0.05, 0) is 30.3 Å². The lowest BCUT2D eigenvalue weighted by Gasteiger charge is -2.18. The van der Waals surface area contributed by atoms with Gasteiger partial charge in [-0.1, -0.05) is 0 Å². The molecule has 1 aromatic carbocycles. The standard InChI is InChI=1S/C21H13F3N6O3/c22-21(23,24)12-5-14(8-25-7-12)29-11-19(31)30(20(29)32)13-1-3-15(4-2-13)33-16-6-17-18(26-9-16)10-27-28-17/h1-10H,11H2,(H,27,28). The van der Waals surface area contributed by atoms with E-state index in [1.165, 1.54) is 18.3 Å². The SMILES string of the molecule is O=C1CN(c2cncc(C(F)(F)F)c2)C(=O)N1c1ccc(Oc2cnc3cn[nH]c3c2)cc1. The number of aromatic amines is 1. The van der Waals surface area contributed by atoms with Crippen molar-refractivity contribution in [3.8, 4) is 11.5 Å². The van der Waals surface area contributed by atoms with Crippen LogP contribution in [0.15, 0.2) is 61.2 Å². The highest BCUT2D eigenvalue weighted by molar-refractivity contribution is 6.26. The first kappa shape index (κ1) is 20.4. The van der Waals surface area contributed by atoms with Gasteiger partial charge in [-0.2, -0.15) is 18.3 Å². The van der Waals surface area contributed by atoms with Crippen molar-refractivity contribution >= 4 is 34.3 Å². The topological polar surface area (TPSA) is 104 Å². The molecular formula is C21H13F3N6O3. The molecule has 1 fully saturated rings. The van der Waals surface area contributed by atoms with Crippen molar-refractivity contribution < 1.29 is 27.5 Å². The summed E-state index contributed by atoms with van der Waals surface area (Å²) in [6, 6.07) is 7.84. The second-order valence-corrected chi connectivity index (χ2v) is 7.10. The number of carbonyl (C=O) groups excluding carboxylic acids is 2. The summed E-state index contributed by atoms with van der Waals surface area (Å²) in [5.41, 5.74) is 0.503. The van der Waals surface area contributed by atoms with Crippen LogP contribution in [-0.2, 0) is 11.0 Å². The molecule has 1 aliphatic rings. The van der Waals surface area contributed by atoms with Gasteiger partial charge in [0.2, 0.25) is 0 Å². The molecule has 1 saturated heterocycles. The van der Waals surface area contributed by atoms with Crippen molar-refractivity contribution in [2.45, 2.75) is 6.18 Å². The van der Waals surface area contributed by atoms with Gasteiger partial charge >= 0.3 is 12.2 Å². The number of H-pyrrole nitrogens is 1. The van der Waals surface area contributed by atoms with Crippen LogP contribution >= 0.6 is 0 Å². The number of amides is 3. The molecule has 0 aliphatic carbocycles. The van der Waals surface area contributed by atoms with Gasteiger partial charge in [0.25, 0.3) is 5.91 Å². The van der Waals surface area contributed by atoms with Crippen molar-refractivity contribution in [1.29, 1.82) is 0 Å². The average Bonchev–Trinajstić information content (AvgIpc) is 3.37. The summed E-state index contributed by atoms with van der Waals surface area (Å²) < 4.78 is 44.7. The Morgan fingerprint density at radius 1 is 0.939 bits per heavy atom. The van der Waals surface area contributed by atoms with E-state index in [1.54, 1.807) is 24.4 Å². The minimum atomic E-state index is -4.62. The summed E-state index contributed by atoms with van der Waals surface area (Å²) >= 11 is 0. The van der Waals surface area contributed by atoms with Gasteiger partial charge in [-0.3, -0.25) is 19.8 Å². The van der Waals surface area contributed by atoms with Gasteiger partial charge in [-0.25, -0.2) is 14.7 Å². The molecule has 12 heteroatoms. The minimum absolute atomic E-state index is 0.118. The summed E-state index contributed by atoms with van der Waals surface area (Å²) in [6.07, 6.45) is 0.243. The first-order valence-electron chi connectivity index (χ1n) is 9.53. The molecule has 0 atom stereocenters.